The van der Waals surface area contributed by atoms with Gasteiger partial charge in [-0.25, -0.2) is 0 Å². The largest absolute Gasteiger partial charge is 0.337 e. The van der Waals surface area contributed by atoms with Crippen molar-refractivity contribution in [2.75, 3.05) is 13.1 Å². The first kappa shape index (κ1) is 17.5. The van der Waals surface area contributed by atoms with E-state index in [1.165, 1.54) is 6.20 Å². The lowest BCUT2D eigenvalue weighted by Crippen LogP contribution is -2.48. The SMILES string of the molecule is Cc1ccc(C(=O)N2CC(c3ccc(C#N)cc3)C2)cc1-c1[nH]ncc1C#N. The van der Waals surface area contributed by atoms with Gasteiger partial charge in [0, 0.05) is 30.1 Å². The molecular formula is C22H17N5O. The summed E-state index contributed by atoms with van der Waals surface area (Å²) < 4.78 is 0. The quantitative estimate of drug-likeness (QED) is 0.767. The molecule has 1 amide bonds. The number of benzene rings is 2. The molecule has 0 spiro atoms. The lowest BCUT2D eigenvalue weighted by Gasteiger charge is -2.39. The van der Waals surface area contributed by atoms with Gasteiger partial charge in [0.15, 0.2) is 0 Å². The molecule has 1 aliphatic heterocycles. The van der Waals surface area contributed by atoms with Crippen molar-refractivity contribution in [3.8, 4) is 23.4 Å². The van der Waals surface area contributed by atoms with Gasteiger partial charge in [-0.3, -0.25) is 9.89 Å². The third-order valence-electron chi connectivity index (χ3n) is 5.19. The van der Waals surface area contributed by atoms with Gasteiger partial charge >= 0.3 is 0 Å². The van der Waals surface area contributed by atoms with Crippen LogP contribution in [0.3, 0.4) is 0 Å². The molecule has 3 aromatic rings. The zero-order valence-electron chi connectivity index (χ0n) is 15.3. The zero-order valence-corrected chi connectivity index (χ0v) is 15.3. The van der Waals surface area contributed by atoms with Crippen molar-refractivity contribution in [2.45, 2.75) is 12.8 Å². The van der Waals surface area contributed by atoms with Crippen LogP contribution in [0.1, 0.15) is 38.5 Å². The fraction of sp³-hybridized carbons (Fsp3) is 0.182. The molecule has 1 N–H and O–H groups in total. The molecule has 2 aromatic carbocycles. The van der Waals surface area contributed by atoms with Crippen molar-refractivity contribution in [1.29, 1.82) is 10.5 Å². The van der Waals surface area contributed by atoms with E-state index in [0.717, 1.165) is 16.7 Å². The molecule has 1 saturated heterocycles. The number of nitrogens with zero attached hydrogens (tertiary/aromatic N) is 4. The normalized spacial score (nSPS) is 13.5. The average Bonchev–Trinajstić information content (AvgIpc) is 3.16. The Hall–Kier alpha value is -3.90. The van der Waals surface area contributed by atoms with Crippen molar-refractivity contribution < 1.29 is 4.79 Å². The van der Waals surface area contributed by atoms with Gasteiger partial charge in [-0.2, -0.15) is 15.6 Å². The van der Waals surface area contributed by atoms with Crippen LogP contribution in [0.25, 0.3) is 11.3 Å². The topological polar surface area (TPSA) is 96.6 Å². The molecular weight excluding hydrogens is 350 g/mol. The Kier molecular flexibility index (Phi) is 4.39. The van der Waals surface area contributed by atoms with Crippen LogP contribution in [-0.2, 0) is 0 Å². The molecule has 1 fully saturated rings. The predicted molar refractivity (Wildman–Crippen MR) is 103 cm³/mol. The summed E-state index contributed by atoms with van der Waals surface area (Å²) in [6, 6.07) is 17.3. The number of aromatic nitrogens is 2. The molecule has 0 bridgehead atoms. The number of amides is 1. The first-order valence-electron chi connectivity index (χ1n) is 8.94. The predicted octanol–water partition coefficient (Wildman–Crippen LogP) is 3.37. The number of likely N-dealkylation sites (tertiary alicyclic amines) is 1. The lowest BCUT2D eigenvalue weighted by molar-refractivity contribution is 0.0602. The van der Waals surface area contributed by atoms with Crippen LogP contribution in [0.2, 0.25) is 0 Å². The molecule has 6 nitrogen and oxygen atoms in total. The van der Waals surface area contributed by atoms with Gasteiger partial charge in [0.05, 0.1) is 29.1 Å². The number of rotatable bonds is 3. The van der Waals surface area contributed by atoms with Crippen LogP contribution >= 0.6 is 0 Å². The second-order valence-electron chi connectivity index (χ2n) is 6.94. The maximum Gasteiger partial charge on any atom is 0.253 e. The Balaban J connectivity index is 1.51. The van der Waals surface area contributed by atoms with E-state index >= 15 is 0 Å². The molecule has 2 heterocycles. The van der Waals surface area contributed by atoms with Gasteiger partial charge in [-0.1, -0.05) is 18.2 Å². The third-order valence-corrected chi connectivity index (χ3v) is 5.19. The minimum absolute atomic E-state index is 0.0239. The van der Waals surface area contributed by atoms with E-state index < -0.39 is 0 Å². The maximum atomic E-state index is 12.9. The number of hydrogen-bond acceptors (Lipinski definition) is 4. The van der Waals surface area contributed by atoms with Gasteiger partial charge in [-0.05, 0) is 42.3 Å². The molecule has 1 aliphatic rings. The Morgan fingerprint density at radius 3 is 2.57 bits per heavy atom. The molecule has 0 saturated carbocycles. The van der Waals surface area contributed by atoms with Gasteiger partial charge in [0.25, 0.3) is 5.91 Å². The number of aromatic amines is 1. The van der Waals surface area contributed by atoms with Crippen LogP contribution in [0.15, 0.2) is 48.7 Å². The summed E-state index contributed by atoms with van der Waals surface area (Å²) in [6.45, 7) is 3.25. The van der Waals surface area contributed by atoms with Gasteiger partial charge in [-0.15, -0.1) is 0 Å². The number of aryl methyl sites for hydroxylation is 1. The highest BCUT2D eigenvalue weighted by Gasteiger charge is 2.32. The van der Waals surface area contributed by atoms with E-state index in [0.29, 0.717) is 41.4 Å². The Morgan fingerprint density at radius 2 is 1.89 bits per heavy atom. The number of nitrogens with one attached hydrogen (secondary N) is 1. The molecule has 6 heteroatoms. The van der Waals surface area contributed by atoms with Crippen LogP contribution in [0.4, 0.5) is 0 Å². The molecule has 28 heavy (non-hydrogen) atoms. The van der Waals surface area contributed by atoms with E-state index in [4.69, 9.17) is 5.26 Å². The summed E-state index contributed by atoms with van der Waals surface area (Å²) in [5, 5.41) is 24.9. The van der Waals surface area contributed by atoms with E-state index in [9.17, 15) is 10.1 Å². The van der Waals surface area contributed by atoms with Crippen LogP contribution in [-0.4, -0.2) is 34.1 Å². The first-order chi connectivity index (χ1) is 13.6. The summed E-state index contributed by atoms with van der Waals surface area (Å²) in [6.07, 6.45) is 1.49. The van der Waals surface area contributed by atoms with E-state index in [1.54, 1.807) is 0 Å². The molecule has 0 radical (unpaired) electrons. The zero-order chi connectivity index (χ0) is 19.7. The Bertz CT molecular complexity index is 1120. The highest BCUT2D eigenvalue weighted by Crippen LogP contribution is 2.30. The Labute approximate surface area is 162 Å². The van der Waals surface area contributed by atoms with Gasteiger partial charge < -0.3 is 4.90 Å². The summed E-state index contributed by atoms with van der Waals surface area (Å²) in [7, 11) is 0. The van der Waals surface area contributed by atoms with Crippen molar-refractivity contribution >= 4 is 5.91 Å². The van der Waals surface area contributed by atoms with Gasteiger partial charge in [0.1, 0.15) is 6.07 Å². The fourth-order valence-electron chi connectivity index (χ4n) is 3.47. The molecule has 0 unspecified atom stereocenters. The summed E-state index contributed by atoms with van der Waals surface area (Å²) in [4.78, 5) is 14.7. The average molecular weight is 367 g/mol. The Morgan fingerprint density at radius 1 is 1.14 bits per heavy atom. The number of carbonyl (C=O) groups is 1. The number of carbonyl (C=O) groups excluding carboxylic acids is 1. The molecule has 4 rings (SSSR count). The van der Waals surface area contributed by atoms with E-state index in [-0.39, 0.29) is 5.91 Å². The van der Waals surface area contributed by atoms with Crippen molar-refractivity contribution in [2.24, 2.45) is 0 Å². The second kappa shape index (κ2) is 7.02. The highest BCUT2D eigenvalue weighted by atomic mass is 16.2. The highest BCUT2D eigenvalue weighted by molar-refractivity contribution is 5.96. The fourth-order valence-corrected chi connectivity index (χ4v) is 3.47. The lowest BCUT2D eigenvalue weighted by atomic mass is 9.90. The summed E-state index contributed by atoms with van der Waals surface area (Å²) >= 11 is 0. The molecule has 0 aliphatic carbocycles. The van der Waals surface area contributed by atoms with E-state index in [1.807, 2.05) is 54.3 Å². The minimum Gasteiger partial charge on any atom is -0.337 e. The van der Waals surface area contributed by atoms with Crippen LogP contribution in [0.5, 0.6) is 0 Å². The minimum atomic E-state index is -0.0239. The monoisotopic (exact) mass is 367 g/mol. The molecule has 1 aromatic heterocycles. The van der Waals surface area contributed by atoms with Crippen LogP contribution < -0.4 is 0 Å². The standard InChI is InChI=1S/C22H17N5O/c1-14-2-5-17(8-20(14)21-18(10-24)11-25-26-21)22(28)27-12-19(13-27)16-6-3-15(9-23)4-7-16/h2-8,11,19H,12-13H2,1H3,(H,25,26). The van der Waals surface area contributed by atoms with Crippen molar-refractivity contribution in [1.82, 2.24) is 15.1 Å². The van der Waals surface area contributed by atoms with Crippen LogP contribution in [0, 0.1) is 29.6 Å². The number of H-pyrrole nitrogens is 1. The number of nitriles is 2. The molecule has 136 valence electrons. The molecule has 0 atom stereocenters. The van der Waals surface area contributed by atoms with Crippen molar-refractivity contribution in [3.63, 3.8) is 0 Å². The van der Waals surface area contributed by atoms with Gasteiger partial charge in [0.2, 0.25) is 0 Å². The first-order valence-corrected chi connectivity index (χ1v) is 8.94. The van der Waals surface area contributed by atoms with Crippen molar-refractivity contribution in [3.05, 3.63) is 76.5 Å². The summed E-state index contributed by atoms with van der Waals surface area (Å²) in [5.41, 5.74) is 5.24. The smallest absolute Gasteiger partial charge is 0.253 e. The second-order valence-corrected chi connectivity index (χ2v) is 6.94. The summed E-state index contributed by atoms with van der Waals surface area (Å²) in [5.74, 6) is 0.267. The third kappa shape index (κ3) is 3.02. The number of hydrogen-bond donors (Lipinski definition) is 1. The van der Waals surface area contributed by atoms with E-state index in [2.05, 4.69) is 22.3 Å². The maximum absolute atomic E-state index is 12.9.